The first kappa shape index (κ1) is 16.3. The Morgan fingerprint density at radius 3 is 2.67 bits per heavy atom. The van der Waals surface area contributed by atoms with Crippen molar-refractivity contribution in [2.24, 2.45) is 0 Å². The molecule has 0 aliphatic heterocycles. The van der Waals surface area contributed by atoms with E-state index in [4.69, 9.17) is 9.47 Å². The minimum absolute atomic E-state index is 0.176. The molecule has 0 unspecified atom stereocenters. The number of halogens is 1. The third-order valence-electron chi connectivity index (χ3n) is 4.02. The van der Waals surface area contributed by atoms with Crippen molar-refractivity contribution >= 4 is 6.16 Å². The van der Waals surface area contributed by atoms with E-state index < -0.39 is 6.16 Å². The monoisotopic (exact) mass is 330 g/mol. The molecule has 4 nitrogen and oxygen atoms in total. The number of ether oxygens (including phenoxy) is 3. The van der Waals surface area contributed by atoms with Gasteiger partial charge in [-0.25, -0.2) is 9.18 Å². The second-order valence-electron chi connectivity index (χ2n) is 5.87. The molecule has 0 N–H and O–H groups in total. The van der Waals surface area contributed by atoms with Gasteiger partial charge < -0.3 is 14.2 Å². The zero-order valence-electron chi connectivity index (χ0n) is 13.7. The van der Waals surface area contributed by atoms with E-state index in [0.717, 1.165) is 18.4 Å². The molecule has 0 bridgehead atoms. The van der Waals surface area contributed by atoms with Gasteiger partial charge in [0, 0.05) is 11.6 Å². The molecule has 1 aliphatic rings. The van der Waals surface area contributed by atoms with Gasteiger partial charge in [-0.05, 0) is 48.9 Å². The van der Waals surface area contributed by atoms with E-state index in [-0.39, 0.29) is 12.4 Å². The molecule has 0 atom stereocenters. The first-order chi connectivity index (χ1) is 11.6. The van der Waals surface area contributed by atoms with E-state index in [1.165, 1.54) is 13.2 Å². The third-order valence-corrected chi connectivity index (χ3v) is 4.02. The summed E-state index contributed by atoms with van der Waals surface area (Å²) >= 11 is 0. The molecule has 0 saturated heterocycles. The molecule has 1 fully saturated rings. The zero-order chi connectivity index (χ0) is 17.1. The Labute approximate surface area is 140 Å². The van der Waals surface area contributed by atoms with E-state index in [0.29, 0.717) is 28.5 Å². The lowest BCUT2D eigenvalue weighted by Gasteiger charge is -2.14. The Bertz CT molecular complexity index is 753. The van der Waals surface area contributed by atoms with Crippen molar-refractivity contribution in [3.8, 4) is 11.5 Å². The van der Waals surface area contributed by atoms with E-state index >= 15 is 0 Å². The summed E-state index contributed by atoms with van der Waals surface area (Å²) < 4.78 is 29.4. The largest absolute Gasteiger partial charge is 0.513 e. The van der Waals surface area contributed by atoms with Crippen LogP contribution in [0.3, 0.4) is 0 Å². The molecule has 1 aliphatic carbocycles. The van der Waals surface area contributed by atoms with Crippen LogP contribution in [0.5, 0.6) is 11.5 Å². The van der Waals surface area contributed by atoms with Gasteiger partial charge in [-0.15, -0.1) is 0 Å². The number of aryl methyl sites for hydroxylation is 1. The van der Waals surface area contributed by atoms with Crippen LogP contribution in [0.2, 0.25) is 0 Å². The molecule has 0 heterocycles. The van der Waals surface area contributed by atoms with Crippen molar-refractivity contribution in [2.75, 3.05) is 7.11 Å². The number of carbonyl (C=O) groups excluding carboxylic acids is 1. The Morgan fingerprint density at radius 1 is 1.21 bits per heavy atom. The molecular formula is C19H19FO4. The van der Waals surface area contributed by atoms with Crippen LogP contribution in [-0.2, 0) is 11.3 Å². The van der Waals surface area contributed by atoms with Crippen molar-refractivity contribution < 1.29 is 23.4 Å². The highest BCUT2D eigenvalue weighted by Crippen LogP contribution is 2.45. The molecule has 0 radical (unpaired) electrons. The summed E-state index contributed by atoms with van der Waals surface area (Å²) in [5, 5.41) is 0. The number of para-hydroxylation sites is 1. The zero-order valence-corrected chi connectivity index (χ0v) is 13.7. The molecule has 126 valence electrons. The van der Waals surface area contributed by atoms with Gasteiger partial charge in [-0.3, -0.25) is 0 Å². The Hall–Kier alpha value is -2.56. The van der Waals surface area contributed by atoms with Crippen LogP contribution in [0, 0.1) is 12.7 Å². The van der Waals surface area contributed by atoms with Gasteiger partial charge in [0.2, 0.25) is 0 Å². The highest BCUT2D eigenvalue weighted by molar-refractivity contribution is 5.64. The predicted octanol–water partition coefficient (Wildman–Crippen LogP) is 4.74. The molecule has 0 amide bonds. The second kappa shape index (κ2) is 6.91. The van der Waals surface area contributed by atoms with Crippen LogP contribution in [0.15, 0.2) is 36.4 Å². The highest BCUT2D eigenvalue weighted by atomic mass is 19.1. The van der Waals surface area contributed by atoms with Crippen LogP contribution in [-0.4, -0.2) is 13.3 Å². The summed E-state index contributed by atoms with van der Waals surface area (Å²) in [7, 11) is 1.25. The Kier molecular flexibility index (Phi) is 4.69. The summed E-state index contributed by atoms with van der Waals surface area (Å²) in [6.45, 7) is 1.93. The minimum atomic E-state index is -0.789. The maximum absolute atomic E-state index is 13.9. The van der Waals surface area contributed by atoms with Crippen LogP contribution in [0.4, 0.5) is 9.18 Å². The molecule has 0 aromatic heterocycles. The van der Waals surface area contributed by atoms with Crippen LogP contribution in [0.1, 0.15) is 35.4 Å². The second-order valence-corrected chi connectivity index (χ2v) is 5.87. The standard InChI is InChI=1S/C19H19FO4/c1-12-9-15(13-7-8-13)18(10-16(12)20)23-11-14-5-3-4-6-17(14)24-19(21)22-2/h3-6,9-10,13H,7-8,11H2,1-2H3. The summed E-state index contributed by atoms with van der Waals surface area (Å²) in [6, 6.07) is 10.3. The lowest BCUT2D eigenvalue weighted by atomic mass is 10.1. The van der Waals surface area contributed by atoms with Gasteiger partial charge >= 0.3 is 6.16 Å². The van der Waals surface area contributed by atoms with Crippen molar-refractivity contribution in [2.45, 2.75) is 32.3 Å². The molecule has 2 aromatic carbocycles. The number of rotatable bonds is 5. The first-order valence-electron chi connectivity index (χ1n) is 7.85. The van der Waals surface area contributed by atoms with Gasteiger partial charge in [0.05, 0.1) is 7.11 Å². The van der Waals surface area contributed by atoms with E-state index in [9.17, 15) is 9.18 Å². The number of carbonyl (C=O) groups is 1. The summed E-state index contributed by atoms with van der Waals surface area (Å²) in [4.78, 5) is 11.3. The van der Waals surface area contributed by atoms with Gasteiger partial charge in [-0.2, -0.15) is 0 Å². The first-order valence-corrected chi connectivity index (χ1v) is 7.85. The number of methoxy groups -OCH3 is 1. The summed E-state index contributed by atoms with van der Waals surface area (Å²) in [5.74, 6) is 1.08. The Balaban J connectivity index is 1.79. The average molecular weight is 330 g/mol. The van der Waals surface area contributed by atoms with Gasteiger partial charge in [-0.1, -0.05) is 18.2 Å². The van der Waals surface area contributed by atoms with Gasteiger partial charge in [0.15, 0.2) is 0 Å². The third kappa shape index (κ3) is 3.67. The fourth-order valence-corrected chi connectivity index (χ4v) is 2.53. The lowest BCUT2D eigenvalue weighted by Crippen LogP contribution is -2.10. The molecular weight excluding hydrogens is 311 g/mol. The van der Waals surface area contributed by atoms with Crippen molar-refractivity contribution in [1.29, 1.82) is 0 Å². The Morgan fingerprint density at radius 2 is 1.96 bits per heavy atom. The van der Waals surface area contributed by atoms with Crippen LogP contribution >= 0.6 is 0 Å². The number of hydrogen-bond donors (Lipinski definition) is 0. The van der Waals surface area contributed by atoms with E-state index in [1.54, 1.807) is 25.1 Å². The molecule has 0 spiro atoms. The molecule has 2 aromatic rings. The average Bonchev–Trinajstić information content (AvgIpc) is 3.41. The fraction of sp³-hybridized carbons (Fsp3) is 0.316. The summed E-state index contributed by atoms with van der Waals surface area (Å²) in [6.07, 6.45) is 1.41. The molecule has 3 rings (SSSR count). The van der Waals surface area contributed by atoms with E-state index in [1.807, 2.05) is 12.1 Å². The van der Waals surface area contributed by atoms with Crippen LogP contribution < -0.4 is 9.47 Å². The maximum Gasteiger partial charge on any atom is 0.513 e. The van der Waals surface area contributed by atoms with Gasteiger partial charge in [0.1, 0.15) is 23.9 Å². The predicted molar refractivity (Wildman–Crippen MR) is 86.9 cm³/mol. The number of hydrogen-bond acceptors (Lipinski definition) is 4. The number of benzene rings is 2. The SMILES string of the molecule is COC(=O)Oc1ccccc1COc1cc(F)c(C)cc1C1CC1. The van der Waals surface area contributed by atoms with Crippen molar-refractivity contribution in [3.05, 3.63) is 58.9 Å². The lowest BCUT2D eigenvalue weighted by molar-refractivity contribution is 0.120. The quantitative estimate of drug-likeness (QED) is 0.587. The topological polar surface area (TPSA) is 44.8 Å². The normalized spacial score (nSPS) is 13.5. The summed E-state index contributed by atoms with van der Waals surface area (Å²) in [5.41, 5.74) is 2.35. The molecule has 24 heavy (non-hydrogen) atoms. The fourth-order valence-electron chi connectivity index (χ4n) is 2.53. The molecule has 5 heteroatoms. The van der Waals surface area contributed by atoms with Crippen molar-refractivity contribution in [1.82, 2.24) is 0 Å². The smallest absolute Gasteiger partial charge is 0.488 e. The van der Waals surface area contributed by atoms with Crippen LogP contribution in [0.25, 0.3) is 0 Å². The van der Waals surface area contributed by atoms with E-state index in [2.05, 4.69) is 4.74 Å². The van der Waals surface area contributed by atoms with Gasteiger partial charge in [0.25, 0.3) is 0 Å². The van der Waals surface area contributed by atoms with Crippen molar-refractivity contribution in [3.63, 3.8) is 0 Å². The maximum atomic E-state index is 13.9. The minimum Gasteiger partial charge on any atom is -0.488 e. The molecule has 1 saturated carbocycles. The highest BCUT2D eigenvalue weighted by Gasteiger charge is 2.28.